The average molecular weight is 309 g/mol. The molecule has 0 saturated heterocycles. The minimum Gasteiger partial charge on any atom is -0.478 e. The first-order valence-corrected chi connectivity index (χ1v) is 6.61. The standard InChI is InChI=1S/C14H13ClN2O4/c1-3-10-11(7(2)21-17-10)13(18)16-12-8(14(19)20)5-4-6-9(12)15/h4-6H,3H2,1-2H3,(H,16,18)(H,19,20). The molecule has 1 aromatic carbocycles. The highest BCUT2D eigenvalue weighted by molar-refractivity contribution is 6.34. The number of benzene rings is 1. The largest absolute Gasteiger partial charge is 0.478 e. The zero-order valence-corrected chi connectivity index (χ0v) is 12.2. The van der Waals surface area contributed by atoms with Crippen molar-refractivity contribution in [3.63, 3.8) is 0 Å². The first-order valence-electron chi connectivity index (χ1n) is 6.24. The summed E-state index contributed by atoms with van der Waals surface area (Å²) in [6.07, 6.45) is 0.522. The SMILES string of the molecule is CCc1noc(C)c1C(=O)Nc1c(Cl)cccc1C(=O)O. The van der Waals surface area contributed by atoms with Crippen molar-refractivity contribution in [2.75, 3.05) is 5.32 Å². The lowest BCUT2D eigenvalue weighted by molar-refractivity contribution is 0.0698. The van der Waals surface area contributed by atoms with Gasteiger partial charge in [-0.1, -0.05) is 29.7 Å². The molecule has 2 rings (SSSR count). The number of aromatic nitrogens is 1. The summed E-state index contributed by atoms with van der Waals surface area (Å²) in [7, 11) is 0. The molecule has 0 saturated carbocycles. The van der Waals surface area contributed by atoms with Crippen molar-refractivity contribution >= 4 is 29.2 Å². The van der Waals surface area contributed by atoms with Gasteiger partial charge in [-0.05, 0) is 25.5 Å². The molecule has 6 nitrogen and oxygen atoms in total. The molecule has 0 aliphatic carbocycles. The average Bonchev–Trinajstić information content (AvgIpc) is 2.81. The summed E-state index contributed by atoms with van der Waals surface area (Å²) < 4.78 is 4.99. The number of para-hydroxylation sites is 1. The van der Waals surface area contributed by atoms with E-state index in [0.717, 1.165) is 0 Å². The second-order valence-corrected chi connectivity index (χ2v) is 4.74. The number of amides is 1. The van der Waals surface area contributed by atoms with E-state index in [9.17, 15) is 9.59 Å². The minimum absolute atomic E-state index is 0.0549. The molecule has 0 atom stereocenters. The molecule has 0 aliphatic rings. The summed E-state index contributed by atoms with van der Waals surface area (Å²) in [5.74, 6) is -1.31. The number of nitrogens with one attached hydrogen (secondary N) is 1. The van der Waals surface area contributed by atoms with Crippen LogP contribution in [0.5, 0.6) is 0 Å². The molecule has 2 N–H and O–H groups in total. The normalized spacial score (nSPS) is 10.4. The monoisotopic (exact) mass is 308 g/mol. The van der Waals surface area contributed by atoms with Gasteiger partial charge in [0.15, 0.2) is 0 Å². The van der Waals surface area contributed by atoms with Crippen LogP contribution >= 0.6 is 11.6 Å². The molecule has 0 radical (unpaired) electrons. The van der Waals surface area contributed by atoms with Gasteiger partial charge in [-0.3, -0.25) is 4.79 Å². The van der Waals surface area contributed by atoms with Crippen LogP contribution in [0.15, 0.2) is 22.7 Å². The van der Waals surface area contributed by atoms with Gasteiger partial charge in [-0.2, -0.15) is 0 Å². The van der Waals surface area contributed by atoms with Gasteiger partial charge in [0.2, 0.25) is 0 Å². The van der Waals surface area contributed by atoms with Crippen molar-refractivity contribution in [2.24, 2.45) is 0 Å². The second-order valence-electron chi connectivity index (χ2n) is 4.34. The number of hydrogen-bond acceptors (Lipinski definition) is 4. The lowest BCUT2D eigenvalue weighted by Crippen LogP contribution is -2.17. The van der Waals surface area contributed by atoms with Crippen molar-refractivity contribution in [3.05, 3.63) is 45.8 Å². The zero-order valence-electron chi connectivity index (χ0n) is 11.4. The van der Waals surface area contributed by atoms with Gasteiger partial charge < -0.3 is 14.9 Å². The maximum absolute atomic E-state index is 12.3. The molecule has 1 heterocycles. The number of aromatic carboxylic acids is 1. The van der Waals surface area contributed by atoms with Gasteiger partial charge in [-0.15, -0.1) is 0 Å². The van der Waals surface area contributed by atoms with Crippen molar-refractivity contribution in [1.29, 1.82) is 0 Å². The summed E-state index contributed by atoms with van der Waals surface area (Å²) in [5, 5.41) is 15.6. The van der Waals surface area contributed by atoms with Crippen LogP contribution in [0.25, 0.3) is 0 Å². The van der Waals surface area contributed by atoms with Crippen molar-refractivity contribution in [1.82, 2.24) is 5.16 Å². The number of nitrogens with zero attached hydrogens (tertiary/aromatic N) is 1. The molecule has 0 aliphatic heterocycles. The molecule has 7 heteroatoms. The van der Waals surface area contributed by atoms with E-state index in [0.29, 0.717) is 23.4 Å². The molecule has 0 unspecified atom stereocenters. The van der Waals surface area contributed by atoms with Crippen molar-refractivity contribution < 1.29 is 19.2 Å². The van der Waals surface area contributed by atoms with E-state index in [1.54, 1.807) is 6.92 Å². The van der Waals surface area contributed by atoms with Crippen LogP contribution in [0, 0.1) is 6.92 Å². The van der Waals surface area contributed by atoms with Crippen LogP contribution in [-0.2, 0) is 6.42 Å². The topological polar surface area (TPSA) is 92.4 Å². The summed E-state index contributed by atoms with van der Waals surface area (Å²) in [4.78, 5) is 23.5. The molecular weight excluding hydrogens is 296 g/mol. The number of anilines is 1. The highest BCUT2D eigenvalue weighted by Crippen LogP contribution is 2.27. The van der Waals surface area contributed by atoms with Crippen LogP contribution in [0.4, 0.5) is 5.69 Å². The van der Waals surface area contributed by atoms with Crippen LogP contribution in [-0.4, -0.2) is 22.1 Å². The minimum atomic E-state index is -1.18. The van der Waals surface area contributed by atoms with Gasteiger partial charge in [0.25, 0.3) is 5.91 Å². The van der Waals surface area contributed by atoms with E-state index in [4.69, 9.17) is 21.2 Å². The lowest BCUT2D eigenvalue weighted by atomic mass is 10.1. The third kappa shape index (κ3) is 2.90. The molecule has 0 spiro atoms. The summed E-state index contributed by atoms with van der Waals surface area (Å²) >= 11 is 5.98. The summed E-state index contributed by atoms with van der Waals surface area (Å²) in [6.45, 7) is 3.46. The number of aryl methyl sites for hydroxylation is 2. The Labute approximate surface area is 125 Å². The van der Waals surface area contributed by atoms with Gasteiger partial charge in [-0.25, -0.2) is 4.79 Å². The highest BCUT2D eigenvalue weighted by Gasteiger charge is 2.22. The second kappa shape index (κ2) is 5.97. The number of halogens is 1. The molecule has 110 valence electrons. The van der Waals surface area contributed by atoms with E-state index < -0.39 is 11.9 Å². The van der Waals surface area contributed by atoms with Crippen molar-refractivity contribution in [3.8, 4) is 0 Å². The van der Waals surface area contributed by atoms with Gasteiger partial charge in [0.1, 0.15) is 11.3 Å². The molecule has 1 aromatic heterocycles. The number of hydrogen-bond donors (Lipinski definition) is 2. The third-order valence-corrected chi connectivity index (χ3v) is 3.29. The maximum Gasteiger partial charge on any atom is 0.337 e. The van der Waals surface area contributed by atoms with Crippen LogP contribution < -0.4 is 5.32 Å². The molecule has 0 fully saturated rings. The first-order chi connectivity index (χ1) is 9.95. The molecule has 0 bridgehead atoms. The lowest BCUT2D eigenvalue weighted by Gasteiger charge is -2.10. The Morgan fingerprint density at radius 3 is 2.76 bits per heavy atom. The number of carbonyl (C=O) groups is 2. The number of carboxylic acids is 1. The van der Waals surface area contributed by atoms with Crippen LogP contribution in [0.2, 0.25) is 5.02 Å². The van der Waals surface area contributed by atoms with E-state index >= 15 is 0 Å². The fraction of sp³-hybridized carbons (Fsp3) is 0.214. The molecule has 2 aromatic rings. The first kappa shape index (κ1) is 15.1. The summed E-state index contributed by atoms with van der Waals surface area (Å²) in [5.41, 5.74) is 0.782. The van der Waals surface area contributed by atoms with Crippen LogP contribution in [0.1, 0.15) is 39.1 Å². The van der Waals surface area contributed by atoms with E-state index in [-0.39, 0.29) is 16.3 Å². The Balaban J connectivity index is 2.41. The van der Waals surface area contributed by atoms with Gasteiger partial charge >= 0.3 is 5.97 Å². The number of rotatable bonds is 4. The van der Waals surface area contributed by atoms with E-state index in [1.807, 2.05) is 6.92 Å². The predicted octanol–water partition coefficient (Wildman–Crippen LogP) is 3.15. The van der Waals surface area contributed by atoms with E-state index in [1.165, 1.54) is 18.2 Å². The Morgan fingerprint density at radius 2 is 2.14 bits per heavy atom. The Kier molecular flexibility index (Phi) is 4.28. The molecule has 21 heavy (non-hydrogen) atoms. The van der Waals surface area contributed by atoms with E-state index in [2.05, 4.69) is 10.5 Å². The third-order valence-electron chi connectivity index (χ3n) is 2.98. The van der Waals surface area contributed by atoms with Crippen molar-refractivity contribution in [2.45, 2.75) is 20.3 Å². The van der Waals surface area contributed by atoms with Crippen LogP contribution in [0.3, 0.4) is 0 Å². The van der Waals surface area contributed by atoms with Gasteiger partial charge in [0, 0.05) is 0 Å². The Morgan fingerprint density at radius 1 is 1.43 bits per heavy atom. The predicted molar refractivity (Wildman–Crippen MR) is 77.0 cm³/mol. The number of carboxylic acid groups (broad SMARTS) is 1. The smallest absolute Gasteiger partial charge is 0.337 e. The quantitative estimate of drug-likeness (QED) is 0.905. The molecular formula is C14H13ClN2O4. The summed E-state index contributed by atoms with van der Waals surface area (Å²) in [6, 6.07) is 4.37. The Hall–Kier alpha value is -2.34. The maximum atomic E-state index is 12.3. The zero-order chi connectivity index (χ0) is 15.6. The fourth-order valence-electron chi connectivity index (χ4n) is 1.96. The van der Waals surface area contributed by atoms with Gasteiger partial charge in [0.05, 0.1) is 22.0 Å². The fourth-order valence-corrected chi connectivity index (χ4v) is 2.18. The number of carbonyl (C=O) groups excluding carboxylic acids is 1. The highest BCUT2D eigenvalue weighted by atomic mass is 35.5. The molecule has 1 amide bonds. The Bertz CT molecular complexity index is 709.